The maximum absolute atomic E-state index is 9.49. The van der Waals surface area contributed by atoms with Crippen LogP contribution in [0.25, 0.3) is 0 Å². The van der Waals surface area contributed by atoms with Gasteiger partial charge in [-0.25, -0.2) is 0 Å². The second-order valence-corrected chi connectivity index (χ2v) is 3.20. The van der Waals surface area contributed by atoms with E-state index in [1.807, 2.05) is 0 Å². The van der Waals surface area contributed by atoms with Crippen molar-refractivity contribution in [2.45, 2.75) is 20.8 Å². The van der Waals surface area contributed by atoms with Crippen molar-refractivity contribution < 1.29 is 49.8 Å². The Morgan fingerprint density at radius 2 is 0.684 bits per heavy atom. The molecule has 0 rings (SSSR count). The van der Waals surface area contributed by atoms with Gasteiger partial charge in [-0.2, -0.15) is 0 Å². The fourth-order valence-corrected chi connectivity index (χ4v) is 0. The molecule has 0 saturated carbocycles. The van der Waals surface area contributed by atoms with Crippen molar-refractivity contribution in [3.05, 3.63) is 36.5 Å². The van der Waals surface area contributed by atoms with Gasteiger partial charge in [0.1, 0.15) is 0 Å². The van der Waals surface area contributed by atoms with Crippen molar-refractivity contribution in [2.75, 3.05) is 0 Å². The quantitative estimate of drug-likeness (QED) is 0.459. The van der Waals surface area contributed by atoms with Gasteiger partial charge in [-0.1, -0.05) is 19.7 Å². The number of carbonyl (C=O) groups is 3. The zero-order valence-electron chi connectivity index (χ0n) is 10.9. The van der Waals surface area contributed by atoms with Gasteiger partial charge in [0.15, 0.2) is 0 Å². The second kappa shape index (κ2) is 14.3. The van der Waals surface area contributed by atoms with Crippen LogP contribution >= 0.6 is 0 Å². The molecule has 0 aromatic carbocycles. The molecule has 0 aliphatic carbocycles. The molecule has 108 valence electrons. The van der Waals surface area contributed by atoms with E-state index in [4.69, 9.17) is 0 Å². The Morgan fingerprint density at radius 1 is 0.632 bits per heavy atom. The van der Waals surface area contributed by atoms with E-state index in [1.54, 1.807) is 0 Å². The number of carbonyl (C=O) groups excluding carboxylic acids is 3. The number of hydrogen-bond acceptors (Lipinski definition) is 6. The van der Waals surface area contributed by atoms with Gasteiger partial charge in [-0.05, 0) is 37.5 Å². The first kappa shape index (κ1) is 26.0. The smallest absolute Gasteiger partial charge is 0.545 e. The Balaban J connectivity index is -0.0000000865. The molecule has 0 N–H and O–H groups in total. The van der Waals surface area contributed by atoms with Crippen LogP contribution < -0.4 is 15.3 Å². The third-order valence-corrected chi connectivity index (χ3v) is 1.05. The third kappa shape index (κ3) is 31.4. The Morgan fingerprint density at radius 3 is 0.684 bits per heavy atom. The van der Waals surface area contributed by atoms with Crippen LogP contribution in [0.15, 0.2) is 36.5 Å². The molecule has 0 aliphatic rings. The van der Waals surface area contributed by atoms with E-state index in [2.05, 4.69) is 19.7 Å². The maximum atomic E-state index is 9.49. The summed E-state index contributed by atoms with van der Waals surface area (Å²) in [6.45, 7) is 13.4. The molecule has 0 spiro atoms. The Labute approximate surface area is 125 Å². The fraction of sp³-hybridized carbons (Fsp3) is 0.250. The summed E-state index contributed by atoms with van der Waals surface area (Å²) in [7, 11) is 0. The topological polar surface area (TPSA) is 120 Å². The van der Waals surface area contributed by atoms with Crippen LogP contribution in [-0.2, 0) is 34.5 Å². The molecule has 0 aliphatic heterocycles. The van der Waals surface area contributed by atoms with E-state index < -0.39 is 17.9 Å². The van der Waals surface area contributed by atoms with Gasteiger partial charge >= 0.3 is 20.1 Å². The van der Waals surface area contributed by atoms with Gasteiger partial charge in [0.25, 0.3) is 0 Å². The number of carboxylic acids is 3. The van der Waals surface area contributed by atoms with Crippen LogP contribution in [0.2, 0.25) is 0 Å². The molecule has 0 aromatic heterocycles. The van der Waals surface area contributed by atoms with E-state index in [0.29, 0.717) is 0 Å². The first-order valence-corrected chi connectivity index (χ1v) is 4.54. The Hall–Kier alpha value is -1.72. The van der Waals surface area contributed by atoms with Gasteiger partial charge < -0.3 is 29.7 Å². The van der Waals surface area contributed by atoms with E-state index in [9.17, 15) is 29.7 Å². The van der Waals surface area contributed by atoms with Gasteiger partial charge in [0, 0.05) is 0 Å². The average Bonchev–Trinajstić information content (AvgIpc) is 2.18. The zero-order chi connectivity index (χ0) is 15.5. The van der Waals surface area contributed by atoms with Crippen molar-refractivity contribution in [2.24, 2.45) is 0 Å². The largest absolute Gasteiger partial charge is 3.00 e. The summed E-state index contributed by atoms with van der Waals surface area (Å²) in [4.78, 5) is 28.5. The molecule has 6 nitrogen and oxygen atoms in total. The van der Waals surface area contributed by atoms with Crippen LogP contribution in [-0.4, -0.2) is 17.9 Å². The second-order valence-electron chi connectivity index (χ2n) is 3.20. The summed E-state index contributed by atoms with van der Waals surface area (Å²) in [6, 6.07) is 0. The molecule has 0 bridgehead atoms. The number of aliphatic carboxylic acids is 3. The van der Waals surface area contributed by atoms with Crippen molar-refractivity contribution >= 4 is 17.9 Å². The summed E-state index contributed by atoms with van der Waals surface area (Å²) < 4.78 is 0. The van der Waals surface area contributed by atoms with Crippen LogP contribution in [0.4, 0.5) is 0 Å². The van der Waals surface area contributed by atoms with E-state index >= 15 is 0 Å². The third-order valence-electron chi connectivity index (χ3n) is 1.05. The predicted octanol–water partition coefficient (Wildman–Crippen LogP) is -2.07. The molecular weight excluding hydrogens is 432 g/mol. The molecule has 0 saturated heterocycles. The van der Waals surface area contributed by atoms with Gasteiger partial charge in [0.2, 0.25) is 0 Å². The molecule has 0 atom stereocenters. The van der Waals surface area contributed by atoms with Crippen LogP contribution in [0.1, 0.15) is 20.8 Å². The number of carboxylic acid groups (broad SMARTS) is 3. The van der Waals surface area contributed by atoms with Gasteiger partial charge in [0.05, 0.1) is 17.9 Å². The van der Waals surface area contributed by atoms with Crippen molar-refractivity contribution in [1.29, 1.82) is 0 Å². The van der Waals surface area contributed by atoms with Gasteiger partial charge in [-0.3, -0.25) is 0 Å². The van der Waals surface area contributed by atoms with Gasteiger partial charge in [-0.15, -0.1) is 0 Å². The van der Waals surface area contributed by atoms with Crippen LogP contribution in [0.5, 0.6) is 0 Å². The Kier molecular flexibility index (Phi) is 19.6. The predicted molar refractivity (Wildman–Crippen MR) is 59.5 cm³/mol. The molecule has 19 heavy (non-hydrogen) atoms. The molecule has 0 unspecified atom stereocenters. The molecule has 0 fully saturated rings. The number of hydrogen-bond donors (Lipinski definition) is 0. The van der Waals surface area contributed by atoms with E-state index in [0.717, 1.165) is 0 Å². The molecule has 7 heteroatoms. The first-order chi connectivity index (χ1) is 7.93. The summed E-state index contributed by atoms with van der Waals surface area (Å²) >= 11 is 0. The zero-order valence-corrected chi connectivity index (χ0v) is 13.3. The van der Waals surface area contributed by atoms with E-state index in [1.165, 1.54) is 20.8 Å². The normalized spacial score (nSPS) is 7.11. The average molecular weight is 447 g/mol. The fourth-order valence-electron chi connectivity index (χ4n) is 0. The minimum atomic E-state index is -1.19. The minimum Gasteiger partial charge on any atom is -0.545 e. The summed E-state index contributed by atoms with van der Waals surface area (Å²) in [5, 5.41) is 28.5. The first-order valence-electron chi connectivity index (χ1n) is 4.54. The molecule has 0 radical (unpaired) electrons. The minimum absolute atomic E-state index is 0. The molecule has 0 aromatic rings. The van der Waals surface area contributed by atoms with Crippen LogP contribution in [0, 0.1) is 0 Å². The standard InChI is InChI=1S/3C4H6O2.Ir/c3*1-3(2)4(5)6;/h3*1H2,2H3,(H,5,6);/q;;;+3/p-3. The SMILES string of the molecule is C=C(C)C(=O)[O-].C=C(C)C(=O)[O-].C=C(C)C(=O)[O-].[Ir+3]. The summed E-state index contributed by atoms with van der Waals surface area (Å²) in [6.07, 6.45) is 0. The molecular formula is C12H15IrO6. The summed E-state index contributed by atoms with van der Waals surface area (Å²) in [5.74, 6) is -3.56. The Bertz CT molecular complexity index is 277. The summed E-state index contributed by atoms with van der Waals surface area (Å²) in [5.41, 5.74) is 0.194. The van der Waals surface area contributed by atoms with Crippen molar-refractivity contribution in [3.8, 4) is 0 Å². The van der Waals surface area contributed by atoms with Crippen molar-refractivity contribution in [1.82, 2.24) is 0 Å². The number of rotatable bonds is 3. The molecule has 0 heterocycles. The van der Waals surface area contributed by atoms with Crippen LogP contribution in [0.3, 0.4) is 0 Å². The van der Waals surface area contributed by atoms with E-state index in [-0.39, 0.29) is 36.8 Å². The monoisotopic (exact) mass is 448 g/mol. The molecule has 0 amide bonds. The van der Waals surface area contributed by atoms with Crippen molar-refractivity contribution in [3.63, 3.8) is 0 Å². The maximum Gasteiger partial charge on any atom is 3.00 e.